The normalized spacial score (nSPS) is 26.8. The van der Waals surface area contributed by atoms with E-state index in [9.17, 15) is 0 Å². The smallest absolute Gasteiger partial charge is 0.0139 e. The molecule has 1 fully saturated rings. The minimum Gasteiger partial charge on any atom is -0.327 e. The molecule has 0 bridgehead atoms. The number of hydrogen-bond donors (Lipinski definition) is 1. The van der Waals surface area contributed by atoms with E-state index in [1.54, 1.807) is 0 Å². The summed E-state index contributed by atoms with van der Waals surface area (Å²) in [7, 11) is 0. The molecule has 0 unspecified atom stereocenters. The molecule has 1 saturated heterocycles. The third-order valence-corrected chi connectivity index (χ3v) is 2.98. The first-order valence-electron chi connectivity index (χ1n) is 5.47. The summed E-state index contributed by atoms with van der Waals surface area (Å²) in [5.74, 6) is 0. The lowest BCUT2D eigenvalue weighted by molar-refractivity contribution is 0.253. The fourth-order valence-corrected chi connectivity index (χ4v) is 2.07. The Balaban J connectivity index is 2.36. The molecule has 1 heterocycles. The van der Waals surface area contributed by atoms with E-state index in [4.69, 9.17) is 5.73 Å². The van der Waals surface area contributed by atoms with Crippen molar-refractivity contribution >= 4 is 0 Å². The summed E-state index contributed by atoms with van der Waals surface area (Å²) < 4.78 is 0. The molecule has 0 aromatic rings. The molecule has 2 heteroatoms. The van der Waals surface area contributed by atoms with Gasteiger partial charge in [0.1, 0.15) is 0 Å². The van der Waals surface area contributed by atoms with Gasteiger partial charge in [0, 0.05) is 12.6 Å². The lowest BCUT2D eigenvalue weighted by Gasteiger charge is -2.24. The number of rotatable bonds is 2. The summed E-state index contributed by atoms with van der Waals surface area (Å²) in [5, 5.41) is 0. The minimum absolute atomic E-state index is 0.321. The third kappa shape index (κ3) is 4.10. The van der Waals surface area contributed by atoms with Gasteiger partial charge in [-0.3, -0.25) is 0 Å². The van der Waals surface area contributed by atoms with Crippen LogP contribution < -0.4 is 5.73 Å². The van der Waals surface area contributed by atoms with Crippen molar-refractivity contribution in [3.8, 4) is 0 Å². The van der Waals surface area contributed by atoms with Crippen molar-refractivity contribution in [1.82, 2.24) is 4.90 Å². The number of nitrogens with two attached hydrogens (primary N) is 1. The largest absolute Gasteiger partial charge is 0.327 e. The Morgan fingerprint density at radius 3 is 2.62 bits per heavy atom. The predicted molar refractivity (Wildman–Crippen MR) is 57.7 cm³/mol. The number of likely N-dealkylation sites (tertiary alicyclic amines) is 1. The van der Waals surface area contributed by atoms with Gasteiger partial charge in [-0.05, 0) is 44.7 Å². The van der Waals surface area contributed by atoms with E-state index in [0.29, 0.717) is 11.5 Å². The lowest BCUT2D eigenvalue weighted by atomic mass is 9.85. The van der Waals surface area contributed by atoms with Crippen molar-refractivity contribution in [3.63, 3.8) is 0 Å². The highest BCUT2D eigenvalue weighted by atomic mass is 15.1. The van der Waals surface area contributed by atoms with Crippen molar-refractivity contribution < 1.29 is 0 Å². The van der Waals surface area contributed by atoms with Crippen LogP contribution >= 0.6 is 0 Å². The Kier molecular flexibility index (Phi) is 3.74. The van der Waals surface area contributed by atoms with Gasteiger partial charge in [-0.15, -0.1) is 0 Å². The summed E-state index contributed by atoms with van der Waals surface area (Å²) in [6.07, 6.45) is 4.02. The summed E-state index contributed by atoms with van der Waals surface area (Å²) >= 11 is 0. The fourth-order valence-electron chi connectivity index (χ4n) is 2.07. The fraction of sp³-hybridized carbons (Fsp3) is 1.00. The van der Waals surface area contributed by atoms with Crippen molar-refractivity contribution in [3.05, 3.63) is 0 Å². The third-order valence-electron chi connectivity index (χ3n) is 2.98. The lowest BCUT2D eigenvalue weighted by Crippen LogP contribution is -2.36. The average Bonchev–Trinajstić information content (AvgIpc) is 2.12. The maximum atomic E-state index is 5.80. The highest BCUT2D eigenvalue weighted by Gasteiger charge is 2.22. The summed E-state index contributed by atoms with van der Waals surface area (Å²) in [5.41, 5.74) is 6.35. The second kappa shape index (κ2) is 4.43. The van der Waals surface area contributed by atoms with E-state index < -0.39 is 0 Å². The van der Waals surface area contributed by atoms with E-state index in [2.05, 4.69) is 25.7 Å². The Morgan fingerprint density at radius 1 is 1.31 bits per heavy atom. The SMILES string of the molecule is C[C@H](N)CN1CCCC(C)(C)CC1. The Bertz CT molecular complexity index is 152. The molecule has 1 rings (SSSR count). The second-order valence-electron chi connectivity index (χ2n) is 5.30. The molecule has 13 heavy (non-hydrogen) atoms. The predicted octanol–water partition coefficient (Wildman–Crippen LogP) is 1.85. The highest BCUT2D eigenvalue weighted by molar-refractivity contribution is 4.77. The zero-order valence-corrected chi connectivity index (χ0v) is 9.34. The van der Waals surface area contributed by atoms with Crippen LogP contribution in [0.15, 0.2) is 0 Å². The van der Waals surface area contributed by atoms with Gasteiger partial charge in [-0.2, -0.15) is 0 Å². The summed E-state index contributed by atoms with van der Waals surface area (Å²) in [6.45, 7) is 10.4. The maximum absolute atomic E-state index is 5.80. The van der Waals surface area contributed by atoms with Gasteiger partial charge in [0.2, 0.25) is 0 Å². The monoisotopic (exact) mass is 184 g/mol. The summed E-state index contributed by atoms with van der Waals surface area (Å²) in [6, 6.07) is 0.321. The van der Waals surface area contributed by atoms with E-state index in [1.807, 2.05) is 0 Å². The van der Waals surface area contributed by atoms with Gasteiger partial charge >= 0.3 is 0 Å². The molecule has 0 radical (unpaired) electrons. The minimum atomic E-state index is 0.321. The van der Waals surface area contributed by atoms with Gasteiger partial charge in [-0.1, -0.05) is 13.8 Å². The van der Waals surface area contributed by atoms with Crippen molar-refractivity contribution in [2.24, 2.45) is 11.1 Å². The molecule has 1 aliphatic rings. The first kappa shape index (κ1) is 11.0. The van der Waals surface area contributed by atoms with Gasteiger partial charge in [0.05, 0.1) is 0 Å². The molecule has 0 spiro atoms. The Labute approximate surface area is 82.5 Å². The molecule has 1 aliphatic heterocycles. The van der Waals surface area contributed by atoms with Gasteiger partial charge in [0.15, 0.2) is 0 Å². The standard InChI is InChI=1S/C11H24N2/c1-10(12)9-13-7-4-5-11(2,3)6-8-13/h10H,4-9,12H2,1-3H3/t10-/m0/s1. The number of nitrogens with zero attached hydrogens (tertiary/aromatic N) is 1. The Morgan fingerprint density at radius 2 is 2.00 bits per heavy atom. The van der Waals surface area contributed by atoms with Crippen LogP contribution in [0.3, 0.4) is 0 Å². The quantitative estimate of drug-likeness (QED) is 0.709. The zero-order chi connectivity index (χ0) is 9.90. The van der Waals surface area contributed by atoms with E-state index in [0.717, 1.165) is 6.54 Å². The van der Waals surface area contributed by atoms with Crippen molar-refractivity contribution in [2.75, 3.05) is 19.6 Å². The first-order valence-corrected chi connectivity index (χ1v) is 5.47. The molecule has 2 N–H and O–H groups in total. The molecule has 78 valence electrons. The number of hydrogen-bond acceptors (Lipinski definition) is 2. The van der Waals surface area contributed by atoms with Crippen molar-refractivity contribution in [2.45, 2.75) is 46.1 Å². The molecule has 0 aromatic heterocycles. The van der Waals surface area contributed by atoms with Crippen LogP contribution in [0.5, 0.6) is 0 Å². The van der Waals surface area contributed by atoms with Crippen LogP contribution in [0.2, 0.25) is 0 Å². The summed E-state index contributed by atoms with van der Waals surface area (Å²) in [4.78, 5) is 2.51. The molecular weight excluding hydrogens is 160 g/mol. The van der Waals surface area contributed by atoms with Crippen LogP contribution in [0.1, 0.15) is 40.0 Å². The van der Waals surface area contributed by atoms with Crippen LogP contribution in [0.4, 0.5) is 0 Å². The van der Waals surface area contributed by atoms with Crippen molar-refractivity contribution in [1.29, 1.82) is 0 Å². The van der Waals surface area contributed by atoms with E-state index in [-0.39, 0.29) is 0 Å². The molecule has 0 amide bonds. The maximum Gasteiger partial charge on any atom is 0.0139 e. The first-order chi connectivity index (χ1) is 5.99. The molecular formula is C11H24N2. The van der Waals surface area contributed by atoms with E-state index >= 15 is 0 Å². The molecule has 2 nitrogen and oxygen atoms in total. The van der Waals surface area contributed by atoms with Gasteiger partial charge < -0.3 is 10.6 Å². The molecule has 0 saturated carbocycles. The van der Waals surface area contributed by atoms with E-state index in [1.165, 1.54) is 32.4 Å². The van der Waals surface area contributed by atoms with Crippen LogP contribution in [-0.2, 0) is 0 Å². The van der Waals surface area contributed by atoms with Gasteiger partial charge in [0.25, 0.3) is 0 Å². The molecule has 1 atom stereocenters. The van der Waals surface area contributed by atoms with Crippen LogP contribution in [0.25, 0.3) is 0 Å². The molecule has 0 aromatic carbocycles. The topological polar surface area (TPSA) is 29.3 Å². The van der Waals surface area contributed by atoms with Crippen LogP contribution in [-0.4, -0.2) is 30.6 Å². The van der Waals surface area contributed by atoms with Gasteiger partial charge in [-0.25, -0.2) is 0 Å². The van der Waals surface area contributed by atoms with Crippen LogP contribution in [0, 0.1) is 5.41 Å². The second-order valence-corrected chi connectivity index (χ2v) is 5.30. The Hall–Kier alpha value is -0.0800. The average molecular weight is 184 g/mol. The molecule has 0 aliphatic carbocycles. The zero-order valence-electron chi connectivity index (χ0n) is 9.34. The highest BCUT2D eigenvalue weighted by Crippen LogP contribution is 2.29.